The Labute approximate surface area is 112 Å². The van der Waals surface area contributed by atoms with Crippen molar-refractivity contribution in [3.63, 3.8) is 0 Å². The van der Waals surface area contributed by atoms with Gasteiger partial charge in [-0.1, -0.05) is 6.07 Å². The Balaban J connectivity index is 2.24. The Bertz CT molecular complexity index is 441. The van der Waals surface area contributed by atoms with E-state index in [-0.39, 0.29) is 11.9 Å². The van der Waals surface area contributed by atoms with Crippen LogP contribution in [0.3, 0.4) is 0 Å². The lowest BCUT2D eigenvalue weighted by Gasteiger charge is -2.19. The zero-order valence-corrected chi connectivity index (χ0v) is 12.0. The number of nitrogens with one attached hydrogen (secondary N) is 1. The molecular weight excluding hydrogens is 305 g/mol. The van der Waals surface area contributed by atoms with E-state index in [1.807, 2.05) is 0 Å². The van der Waals surface area contributed by atoms with Crippen molar-refractivity contribution >= 4 is 26.7 Å². The van der Waals surface area contributed by atoms with Crippen LogP contribution in [0.5, 0.6) is 0 Å². The van der Waals surface area contributed by atoms with Gasteiger partial charge in [-0.2, -0.15) is 0 Å². The van der Waals surface area contributed by atoms with Crippen LogP contribution < -0.4 is 5.32 Å². The van der Waals surface area contributed by atoms with E-state index in [1.165, 1.54) is 6.07 Å². The highest BCUT2D eigenvalue weighted by atomic mass is 79.9. The molecule has 1 N–H and O–H groups in total. The zero-order chi connectivity index (χ0) is 12.4. The van der Waals surface area contributed by atoms with Crippen LogP contribution in [0.15, 0.2) is 22.7 Å². The zero-order valence-electron chi connectivity index (χ0n) is 9.58. The predicted molar refractivity (Wildman–Crippen MR) is 71.9 cm³/mol. The van der Waals surface area contributed by atoms with Crippen LogP contribution in [-0.2, 0) is 10.8 Å². The van der Waals surface area contributed by atoms with Gasteiger partial charge in [0.25, 0.3) is 0 Å². The molecule has 1 heterocycles. The molecular formula is C12H15BrFNOS. The van der Waals surface area contributed by atoms with Crippen molar-refractivity contribution < 1.29 is 8.60 Å². The average molecular weight is 320 g/mol. The van der Waals surface area contributed by atoms with E-state index in [1.54, 1.807) is 12.1 Å². The van der Waals surface area contributed by atoms with E-state index >= 15 is 0 Å². The van der Waals surface area contributed by atoms with Crippen molar-refractivity contribution in [1.29, 1.82) is 0 Å². The Morgan fingerprint density at radius 3 is 3.00 bits per heavy atom. The minimum absolute atomic E-state index is 0.0465. The van der Waals surface area contributed by atoms with Gasteiger partial charge in [-0.3, -0.25) is 4.21 Å². The van der Waals surface area contributed by atoms with Crippen LogP contribution in [0.2, 0.25) is 0 Å². The Hall–Kier alpha value is -0.260. The summed E-state index contributed by atoms with van der Waals surface area (Å²) in [6.45, 7) is 2.09. The maximum Gasteiger partial charge on any atom is 0.137 e. The van der Waals surface area contributed by atoms with Crippen LogP contribution in [0, 0.1) is 5.82 Å². The third-order valence-electron chi connectivity index (χ3n) is 2.96. The fraction of sp³-hybridized carbons (Fsp3) is 0.500. The van der Waals surface area contributed by atoms with Gasteiger partial charge in [0.2, 0.25) is 0 Å². The van der Waals surface area contributed by atoms with Crippen LogP contribution in [0.1, 0.15) is 24.9 Å². The maximum absolute atomic E-state index is 13.2. The van der Waals surface area contributed by atoms with Crippen molar-refractivity contribution in [1.82, 2.24) is 5.32 Å². The molecule has 0 amide bonds. The second kappa shape index (κ2) is 5.59. The summed E-state index contributed by atoms with van der Waals surface area (Å²) in [4.78, 5) is 0. The largest absolute Gasteiger partial charge is 0.307 e. The van der Waals surface area contributed by atoms with Crippen LogP contribution in [0.4, 0.5) is 4.39 Å². The fourth-order valence-corrected chi connectivity index (χ4v) is 3.81. The highest BCUT2D eigenvalue weighted by Crippen LogP contribution is 2.24. The molecule has 0 aromatic heterocycles. The van der Waals surface area contributed by atoms with E-state index in [2.05, 4.69) is 28.2 Å². The summed E-state index contributed by atoms with van der Waals surface area (Å²) in [6, 6.07) is 5.36. The van der Waals surface area contributed by atoms with E-state index in [0.29, 0.717) is 16.3 Å². The third-order valence-corrected chi connectivity index (χ3v) is 4.97. The molecule has 17 heavy (non-hydrogen) atoms. The molecule has 0 aliphatic carbocycles. The lowest BCUT2D eigenvalue weighted by molar-refractivity contribution is 0.484. The summed E-state index contributed by atoms with van der Waals surface area (Å²) < 4.78 is 25.4. The molecule has 1 aromatic rings. The molecule has 1 aliphatic heterocycles. The summed E-state index contributed by atoms with van der Waals surface area (Å²) >= 11 is 3.18. The number of rotatable bonds is 1. The lowest BCUT2D eigenvalue weighted by atomic mass is 10.1. The molecule has 2 nitrogen and oxygen atoms in total. The first-order valence-corrected chi connectivity index (χ1v) is 7.90. The fourth-order valence-electron chi connectivity index (χ4n) is 1.97. The summed E-state index contributed by atoms with van der Waals surface area (Å²) in [5.74, 6) is 1.08. The SMILES string of the molecule is CC1CCS(=O)CC(c2ccc(F)c(Br)c2)N1. The van der Waals surface area contributed by atoms with Gasteiger partial charge in [0, 0.05) is 34.4 Å². The van der Waals surface area contributed by atoms with E-state index in [4.69, 9.17) is 0 Å². The van der Waals surface area contributed by atoms with Gasteiger partial charge in [0.05, 0.1) is 4.47 Å². The molecule has 5 heteroatoms. The lowest BCUT2D eigenvalue weighted by Crippen LogP contribution is -2.30. The van der Waals surface area contributed by atoms with Gasteiger partial charge in [-0.05, 0) is 47.0 Å². The summed E-state index contributed by atoms with van der Waals surface area (Å²) in [5.41, 5.74) is 0.986. The van der Waals surface area contributed by atoms with Gasteiger partial charge in [0.1, 0.15) is 5.82 Å². The molecule has 3 unspecified atom stereocenters. The van der Waals surface area contributed by atoms with Crippen molar-refractivity contribution in [2.45, 2.75) is 25.4 Å². The Kier molecular flexibility index (Phi) is 4.33. The molecule has 0 radical (unpaired) electrons. The minimum Gasteiger partial charge on any atom is -0.307 e. The van der Waals surface area contributed by atoms with Crippen LogP contribution in [0.25, 0.3) is 0 Å². The van der Waals surface area contributed by atoms with Gasteiger partial charge < -0.3 is 5.32 Å². The van der Waals surface area contributed by atoms with Crippen molar-refractivity contribution in [3.05, 3.63) is 34.1 Å². The third kappa shape index (κ3) is 3.36. The van der Waals surface area contributed by atoms with Gasteiger partial charge in [-0.15, -0.1) is 0 Å². The van der Waals surface area contributed by atoms with Crippen molar-refractivity contribution in [3.8, 4) is 0 Å². The standard InChI is InChI=1S/C12H15BrFNOS/c1-8-4-5-17(16)7-12(15-8)9-2-3-11(14)10(13)6-9/h2-3,6,8,12,15H,4-5,7H2,1H3. The van der Waals surface area contributed by atoms with E-state index in [9.17, 15) is 8.60 Å². The summed E-state index contributed by atoms with van der Waals surface area (Å²) in [5, 5.41) is 3.44. The molecule has 94 valence electrons. The number of hydrogen-bond donors (Lipinski definition) is 1. The molecule has 3 atom stereocenters. The monoisotopic (exact) mass is 319 g/mol. The second-order valence-electron chi connectivity index (χ2n) is 4.39. The smallest absolute Gasteiger partial charge is 0.137 e. The molecule has 0 saturated carbocycles. The molecule has 1 saturated heterocycles. The molecule has 1 aromatic carbocycles. The first-order chi connectivity index (χ1) is 8.06. The van der Waals surface area contributed by atoms with Gasteiger partial charge in [-0.25, -0.2) is 4.39 Å². The Morgan fingerprint density at radius 2 is 2.29 bits per heavy atom. The summed E-state index contributed by atoms with van der Waals surface area (Å²) in [7, 11) is -0.792. The molecule has 2 rings (SSSR count). The normalized spacial score (nSPS) is 29.9. The first-order valence-electron chi connectivity index (χ1n) is 5.62. The Morgan fingerprint density at radius 1 is 1.53 bits per heavy atom. The van der Waals surface area contributed by atoms with Crippen molar-refractivity contribution in [2.24, 2.45) is 0 Å². The number of halogens is 2. The molecule has 0 bridgehead atoms. The topological polar surface area (TPSA) is 29.1 Å². The van der Waals surface area contributed by atoms with Crippen LogP contribution >= 0.6 is 15.9 Å². The second-order valence-corrected chi connectivity index (χ2v) is 6.87. The van der Waals surface area contributed by atoms with E-state index in [0.717, 1.165) is 17.7 Å². The van der Waals surface area contributed by atoms with Crippen molar-refractivity contribution in [2.75, 3.05) is 11.5 Å². The predicted octanol–water partition coefficient (Wildman–Crippen LogP) is 2.76. The highest BCUT2D eigenvalue weighted by Gasteiger charge is 2.22. The van der Waals surface area contributed by atoms with E-state index < -0.39 is 10.8 Å². The first kappa shape index (κ1) is 13.2. The highest BCUT2D eigenvalue weighted by molar-refractivity contribution is 9.10. The quantitative estimate of drug-likeness (QED) is 0.862. The van der Waals surface area contributed by atoms with Crippen LogP contribution in [-0.4, -0.2) is 21.8 Å². The number of benzene rings is 1. The molecule has 1 fully saturated rings. The summed E-state index contributed by atoms with van der Waals surface area (Å²) in [6.07, 6.45) is 0.922. The maximum atomic E-state index is 13.2. The van der Waals surface area contributed by atoms with Gasteiger partial charge >= 0.3 is 0 Å². The van der Waals surface area contributed by atoms with Gasteiger partial charge in [0.15, 0.2) is 0 Å². The minimum atomic E-state index is -0.792. The average Bonchev–Trinajstić information content (AvgIpc) is 2.45. The molecule has 0 spiro atoms. The number of hydrogen-bond acceptors (Lipinski definition) is 2. The molecule has 1 aliphatic rings.